The number of anilines is 3. The Hall–Kier alpha value is -2.17. The van der Waals surface area contributed by atoms with Crippen molar-refractivity contribution < 1.29 is 13.2 Å². The van der Waals surface area contributed by atoms with Gasteiger partial charge in [0, 0.05) is 25.5 Å². The molecular formula is C14H13F3N2. The lowest BCUT2D eigenvalue weighted by molar-refractivity contribution is 0.449. The van der Waals surface area contributed by atoms with Gasteiger partial charge in [-0.05, 0) is 36.4 Å². The van der Waals surface area contributed by atoms with Gasteiger partial charge in [0.2, 0.25) is 0 Å². The predicted molar refractivity (Wildman–Crippen MR) is 70.4 cm³/mol. The van der Waals surface area contributed by atoms with E-state index in [1.54, 1.807) is 12.1 Å². The average Bonchev–Trinajstić information content (AvgIpc) is 2.40. The van der Waals surface area contributed by atoms with Crippen LogP contribution in [-0.2, 0) is 0 Å². The van der Waals surface area contributed by atoms with E-state index in [1.165, 1.54) is 0 Å². The zero-order valence-electron chi connectivity index (χ0n) is 10.5. The van der Waals surface area contributed by atoms with Crippen LogP contribution in [0, 0.1) is 17.5 Å². The first kappa shape index (κ1) is 13.3. The van der Waals surface area contributed by atoms with Crippen LogP contribution in [0.1, 0.15) is 0 Å². The van der Waals surface area contributed by atoms with Gasteiger partial charge in [0.1, 0.15) is 0 Å². The molecule has 2 nitrogen and oxygen atoms in total. The fraction of sp³-hybridized carbons (Fsp3) is 0.143. The summed E-state index contributed by atoms with van der Waals surface area (Å²) in [5.41, 5.74) is 1.48. The molecule has 0 amide bonds. The molecule has 0 bridgehead atoms. The molecule has 0 aliphatic rings. The first-order valence-corrected chi connectivity index (χ1v) is 5.67. The average molecular weight is 266 g/mol. The maximum absolute atomic E-state index is 13.5. The molecule has 0 radical (unpaired) electrons. The molecule has 0 aromatic heterocycles. The second-order valence-electron chi connectivity index (χ2n) is 4.29. The third-order valence-corrected chi connectivity index (χ3v) is 2.70. The number of rotatable bonds is 3. The number of nitrogens with zero attached hydrogens (tertiary/aromatic N) is 1. The van der Waals surface area contributed by atoms with Crippen LogP contribution in [0.15, 0.2) is 36.4 Å². The standard InChI is InChI=1S/C14H13F3N2/c1-19(2)10-5-3-9(4-6-10)18-12-8-7-11(15)13(16)14(12)17/h3-8,18H,1-2H3. The highest BCUT2D eigenvalue weighted by Crippen LogP contribution is 2.24. The fourth-order valence-corrected chi connectivity index (χ4v) is 1.62. The summed E-state index contributed by atoms with van der Waals surface area (Å²) in [5, 5.41) is 2.71. The van der Waals surface area contributed by atoms with Crippen molar-refractivity contribution in [3.8, 4) is 0 Å². The highest BCUT2D eigenvalue weighted by molar-refractivity contribution is 5.63. The molecule has 0 aliphatic carbocycles. The Morgan fingerprint density at radius 3 is 2.05 bits per heavy atom. The second-order valence-corrected chi connectivity index (χ2v) is 4.29. The highest BCUT2D eigenvalue weighted by Gasteiger charge is 2.13. The smallest absolute Gasteiger partial charge is 0.196 e. The third-order valence-electron chi connectivity index (χ3n) is 2.70. The van der Waals surface area contributed by atoms with Gasteiger partial charge in [0.25, 0.3) is 0 Å². The van der Waals surface area contributed by atoms with Gasteiger partial charge >= 0.3 is 0 Å². The Labute approximate surface area is 109 Å². The molecule has 0 aliphatic heterocycles. The summed E-state index contributed by atoms with van der Waals surface area (Å²) in [6.07, 6.45) is 0. The Morgan fingerprint density at radius 1 is 0.842 bits per heavy atom. The zero-order valence-corrected chi connectivity index (χ0v) is 10.5. The van der Waals surface area contributed by atoms with Gasteiger partial charge in [-0.1, -0.05) is 0 Å². The van der Waals surface area contributed by atoms with Gasteiger partial charge in [0.05, 0.1) is 5.69 Å². The van der Waals surface area contributed by atoms with E-state index < -0.39 is 17.5 Å². The predicted octanol–water partition coefficient (Wildman–Crippen LogP) is 3.91. The van der Waals surface area contributed by atoms with Crippen LogP contribution in [0.25, 0.3) is 0 Å². The summed E-state index contributed by atoms with van der Waals surface area (Å²) in [6, 6.07) is 9.18. The molecule has 0 saturated carbocycles. The number of halogens is 3. The minimum atomic E-state index is -1.48. The molecule has 0 heterocycles. The van der Waals surface area contributed by atoms with Gasteiger partial charge in [0.15, 0.2) is 17.5 Å². The van der Waals surface area contributed by atoms with E-state index in [9.17, 15) is 13.2 Å². The summed E-state index contributed by atoms with van der Waals surface area (Å²) in [4.78, 5) is 1.92. The lowest BCUT2D eigenvalue weighted by atomic mass is 10.2. The van der Waals surface area contributed by atoms with Crippen molar-refractivity contribution in [2.75, 3.05) is 24.3 Å². The van der Waals surface area contributed by atoms with Crippen LogP contribution >= 0.6 is 0 Å². The summed E-state index contributed by atoms with van der Waals surface area (Å²) in [6.45, 7) is 0. The maximum atomic E-state index is 13.5. The van der Waals surface area contributed by atoms with Crippen molar-refractivity contribution in [1.82, 2.24) is 0 Å². The van der Waals surface area contributed by atoms with Crippen molar-refractivity contribution in [3.05, 3.63) is 53.8 Å². The van der Waals surface area contributed by atoms with E-state index in [2.05, 4.69) is 5.32 Å². The van der Waals surface area contributed by atoms with Crippen molar-refractivity contribution >= 4 is 17.1 Å². The molecule has 0 saturated heterocycles. The van der Waals surface area contributed by atoms with Crippen LogP contribution in [-0.4, -0.2) is 14.1 Å². The SMILES string of the molecule is CN(C)c1ccc(Nc2ccc(F)c(F)c2F)cc1. The van der Waals surface area contributed by atoms with Gasteiger partial charge in [-0.3, -0.25) is 0 Å². The molecule has 19 heavy (non-hydrogen) atoms. The minimum absolute atomic E-state index is 0.100. The molecule has 2 aromatic rings. The first-order chi connectivity index (χ1) is 8.99. The molecular weight excluding hydrogens is 253 g/mol. The summed E-state index contributed by atoms with van der Waals surface area (Å²) >= 11 is 0. The quantitative estimate of drug-likeness (QED) is 0.847. The molecule has 0 atom stereocenters. The van der Waals surface area contributed by atoms with Crippen LogP contribution in [0.3, 0.4) is 0 Å². The molecule has 0 fully saturated rings. The number of benzene rings is 2. The Kier molecular flexibility index (Phi) is 3.64. The Bertz CT molecular complexity index is 580. The van der Waals surface area contributed by atoms with Crippen molar-refractivity contribution in [2.45, 2.75) is 0 Å². The lowest BCUT2D eigenvalue weighted by Gasteiger charge is -2.13. The topological polar surface area (TPSA) is 15.3 Å². The normalized spacial score (nSPS) is 10.4. The highest BCUT2D eigenvalue weighted by atomic mass is 19.2. The van der Waals surface area contributed by atoms with Crippen LogP contribution in [0.5, 0.6) is 0 Å². The van der Waals surface area contributed by atoms with Crippen molar-refractivity contribution in [3.63, 3.8) is 0 Å². The molecule has 5 heteroatoms. The van der Waals surface area contributed by atoms with Gasteiger partial charge in [-0.15, -0.1) is 0 Å². The first-order valence-electron chi connectivity index (χ1n) is 5.67. The second kappa shape index (κ2) is 5.22. The fourth-order valence-electron chi connectivity index (χ4n) is 1.62. The molecule has 0 spiro atoms. The number of hydrogen-bond donors (Lipinski definition) is 1. The third kappa shape index (κ3) is 2.81. The number of nitrogens with one attached hydrogen (secondary N) is 1. The van der Waals surface area contributed by atoms with Crippen LogP contribution in [0.4, 0.5) is 30.2 Å². The summed E-state index contributed by atoms with van der Waals surface area (Å²) in [7, 11) is 3.80. The molecule has 100 valence electrons. The van der Waals surface area contributed by atoms with E-state index in [-0.39, 0.29) is 5.69 Å². The Balaban J connectivity index is 2.24. The summed E-state index contributed by atoms with van der Waals surface area (Å²) < 4.78 is 39.3. The van der Waals surface area contributed by atoms with Gasteiger partial charge in [-0.2, -0.15) is 0 Å². The zero-order chi connectivity index (χ0) is 14.0. The van der Waals surface area contributed by atoms with Crippen molar-refractivity contribution in [2.24, 2.45) is 0 Å². The van der Waals surface area contributed by atoms with Gasteiger partial charge < -0.3 is 10.2 Å². The van der Waals surface area contributed by atoms with Crippen LogP contribution in [0.2, 0.25) is 0 Å². The molecule has 2 aromatic carbocycles. The molecule has 1 N–H and O–H groups in total. The Morgan fingerprint density at radius 2 is 1.47 bits per heavy atom. The van der Waals surface area contributed by atoms with E-state index in [1.807, 2.05) is 31.1 Å². The largest absolute Gasteiger partial charge is 0.378 e. The lowest BCUT2D eigenvalue weighted by Crippen LogP contribution is -2.08. The van der Waals surface area contributed by atoms with E-state index in [0.717, 1.165) is 17.8 Å². The number of hydrogen-bond acceptors (Lipinski definition) is 2. The van der Waals surface area contributed by atoms with E-state index in [4.69, 9.17) is 0 Å². The molecule has 0 unspecified atom stereocenters. The van der Waals surface area contributed by atoms with E-state index >= 15 is 0 Å². The van der Waals surface area contributed by atoms with E-state index in [0.29, 0.717) is 5.69 Å². The van der Waals surface area contributed by atoms with Crippen molar-refractivity contribution in [1.29, 1.82) is 0 Å². The minimum Gasteiger partial charge on any atom is -0.378 e. The monoisotopic (exact) mass is 266 g/mol. The maximum Gasteiger partial charge on any atom is 0.196 e. The summed E-state index contributed by atoms with van der Waals surface area (Å²) in [5.74, 6) is -3.90. The van der Waals surface area contributed by atoms with Crippen LogP contribution < -0.4 is 10.2 Å². The van der Waals surface area contributed by atoms with Gasteiger partial charge in [-0.25, -0.2) is 13.2 Å². The molecule has 2 rings (SSSR count).